The smallest absolute Gasteiger partial charge is 0.135 e. The first-order valence-corrected chi connectivity index (χ1v) is 21.8. The highest BCUT2D eigenvalue weighted by atomic mass is 35.5. The molecule has 0 saturated carbocycles. The van der Waals surface area contributed by atoms with Crippen molar-refractivity contribution in [3.8, 4) is 6.07 Å². The fourth-order valence-electron chi connectivity index (χ4n) is 10.4. The summed E-state index contributed by atoms with van der Waals surface area (Å²) in [6.45, 7) is 13.4. The average molecular weight is 790 g/mol. The Morgan fingerprint density at radius 3 is 1.60 bits per heavy atom. The Morgan fingerprint density at radius 2 is 1.15 bits per heavy atom. The molecule has 7 aliphatic rings. The molecule has 10 nitrogen and oxygen atoms in total. The van der Waals surface area contributed by atoms with Crippen LogP contribution in [0.2, 0.25) is 10.0 Å². The van der Waals surface area contributed by atoms with Gasteiger partial charge in [0.05, 0.1) is 12.5 Å². The molecule has 12 heteroatoms. The van der Waals surface area contributed by atoms with E-state index >= 15 is 0 Å². The molecule has 9 rings (SSSR count). The highest BCUT2D eigenvalue weighted by Crippen LogP contribution is 2.32. The van der Waals surface area contributed by atoms with Crippen molar-refractivity contribution in [2.24, 2.45) is 15.9 Å². The lowest BCUT2D eigenvalue weighted by Gasteiger charge is -2.49. The Balaban J connectivity index is 0.000000162. The SMILES string of the molecule is CC#N.Clc1ccc(CC2CN3CCC[C@H]3CN2C2CCNCC2)cc1.NC1=NN=C(N2CCC(N3C[C@@H]4CCCN4CC3Cc3ccc(Cl)cc3)CC2)C1. The summed E-state index contributed by atoms with van der Waals surface area (Å²) in [5, 5.41) is 20.8. The molecule has 0 spiro atoms. The molecule has 0 bridgehead atoms. The molecular formula is C43H62Cl2N10. The first-order chi connectivity index (χ1) is 26.9. The lowest BCUT2D eigenvalue weighted by Crippen LogP contribution is -2.61. The van der Waals surface area contributed by atoms with E-state index in [2.05, 4.69) is 64.3 Å². The van der Waals surface area contributed by atoms with Crippen molar-refractivity contribution in [1.82, 2.24) is 29.8 Å². The third-order valence-electron chi connectivity index (χ3n) is 13.1. The van der Waals surface area contributed by atoms with Crippen molar-refractivity contribution < 1.29 is 0 Å². The minimum atomic E-state index is 0.588. The summed E-state index contributed by atoms with van der Waals surface area (Å²) in [6, 6.07) is 22.9. The first-order valence-electron chi connectivity index (χ1n) is 21.0. The molecule has 4 atom stereocenters. The van der Waals surface area contributed by atoms with Crippen molar-refractivity contribution in [2.75, 3.05) is 65.4 Å². The van der Waals surface area contributed by atoms with Crippen LogP contribution in [0.5, 0.6) is 0 Å². The number of piperidine rings is 2. The number of benzene rings is 2. The summed E-state index contributed by atoms with van der Waals surface area (Å²) >= 11 is 12.2. The number of hydrogen-bond donors (Lipinski definition) is 2. The molecule has 2 unspecified atom stereocenters. The minimum Gasteiger partial charge on any atom is -0.385 e. The second kappa shape index (κ2) is 19.6. The van der Waals surface area contributed by atoms with Crippen molar-refractivity contribution in [3.63, 3.8) is 0 Å². The van der Waals surface area contributed by atoms with Crippen LogP contribution < -0.4 is 11.1 Å². The van der Waals surface area contributed by atoms with Crippen molar-refractivity contribution in [3.05, 3.63) is 69.7 Å². The molecular weight excluding hydrogens is 727 g/mol. The fourth-order valence-corrected chi connectivity index (χ4v) is 10.6. The molecule has 6 fully saturated rings. The standard InChI is InChI=1S/C22H31ClN6.C19H28ClN3.C2H3N/c23-17-5-3-16(4-6-17)12-20-14-28-9-1-2-19(28)15-29(20)18-7-10-27(11-8-18)22-13-21(24)25-26-22;20-16-5-3-15(4-6-16)12-19-13-22-11-1-2-18(22)14-23(19)17-7-9-21-10-8-17;1-2-3/h3-6,18-20H,1-2,7-15H2,(H2,24,25);3-6,17-19,21H,1-2,7-14H2;1H3/t19-,20?;18-,19?;/m00./s1. The van der Waals surface area contributed by atoms with Gasteiger partial charge in [-0.25, -0.2) is 0 Å². The van der Waals surface area contributed by atoms with E-state index in [9.17, 15) is 0 Å². The second-order valence-electron chi connectivity index (χ2n) is 16.7. The third-order valence-corrected chi connectivity index (χ3v) is 13.7. The number of fused-ring (bicyclic) bond motifs is 2. The van der Waals surface area contributed by atoms with Gasteiger partial charge in [0.25, 0.3) is 0 Å². The Kier molecular flexibility index (Phi) is 14.4. The van der Waals surface area contributed by atoms with Gasteiger partial charge in [-0.3, -0.25) is 19.6 Å². The van der Waals surface area contributed by atoms with Crippen LogP contribution in [0.4, 0.5) is 0 Å². The molecule has 55 heavy (non-hydrogen) atoms. The van der Waals surface area contributed by atoms with Crippen molar-refractivity contribution >= 4 is 34.9 Å². The van der Waals surface area contributed by atoms with Gasteiger partial charge in [0.15, 0.2) is 0 Å². The van der Waals surface area contributed by atoms with Crippen LogP contribution in [-0.2, 0) is 12.8 Å². The average Bonchev–Trinajstić information content (AvgIpc) is 3.98. The number of halogens is 2. The summed E-state index contributed by atoms with van der Waals surface area (Å²) in [6.07, 6.45) is 13.5. The van der Waals surface area contributed by atoms with Crippen LogP contribution in [-0.4, -0.2) is 138 Å². The Bertz CT molecular complexity index is 1610. The largest absolute Gasteiger partial charge is 0.385 e. The summed E-state index contributed by atoms with van der Waals surface area (Å²) in [7, 11) is 0. The number of amidine groups is 2. The first kappa shape index (κ1) is 40.4. The van der Waals surface area contributed by atoms with Crippen LogP contribution in [0.25, 0.3) is 0 Å². The number of nitrogens with two attached hydrogens (primary N) is 1. The Morgan fingerprint density at radius 1 is 0.673 bits per heavy atom. The summed E-state index contributed by atoms with van der Waals surface area (Å²) in [5.41, 5.74) is 8.64. The lowest BCUT2D eigenvalue weighted by molar-refractivity contribution is 0.00450. The number of rotatable bonds is 6. The molecule has 0 aromatic heterocycles. The maximum absolute atomic E-state index is 7.32. The minimum absolute atomic E-state index is 0.588. The monoisotopic (exact) mass is 788 g/mol. The van der Waals surface area contributed by atoms with Crippen LogP contribution >= 0.6 is 23.2 Å². The van der Waals surface area contributed by atoms with E-state index in [4.69, 9.17) is 34.2 Å². The van der Waals surface area contributed by atoms with Crippen LogP contribution in [0.1, 0.15) is 75.8 Å². The molecule has 0 amide bonds. The van der Waals surface area contributed by atoms with E-state index in [0.29, 0.717) is 30.4 Å². The summed E-state index contributed by atoms with van der Waals surface area (Å²) < 4.78 is 0. The van der Waals surface area contributed by atoms with Gasteiger partial charge < -0.3 is 16.0 Å². The van der Waals surface area contributed by atoms with E-state index in [-0.39, 0.29) is 0 Å². The van der Waals surface area contributed by atoms with E-state index in [1.165, 1.54) is 122 Å². The number of nitrogens with one attached hydrogen (secondary N) is 1. The maximum atomic E-state index is 7.32. The van der Waals surface area contributed by atoms with Gasteiger partial charge >= 0.3 is 0 Å². The quantitative estimate of drug-likeness (QED) is 0.375. The fraction of sp³-hybridized carbons (Fsp3) is 0.651. The predicted octanol–water partition coefficient (Wildman–Crippen LogP) is 5.88. The zero-order valence-corrected chi connectivity index (χ0v) is 34.4. The van der Waals surface area contributed by atoms with Gasteiger partial charge in [0, 0.05) is 92.5 Å². The zero-order valence-electron chi connectivity index (χ0n) is 32.8. The van der Waals surface area contributed by atoms with E-state index < -0.39 is 0 Å². The van der Waals surface area contributed by atoms with Crippen molar-refractivity contribution in [2.45, 2.75) is 114 Å². The molecule has 7 heterocycles. The molecule has 7 aliphatic heterocycles. The highest BCUT2D eigenvalue weighted by Gasteiger charge is 2.41. The summed E-state index contributed by atoms with van der Waals surface area (Å²) in [5.74, 6) is 1.70. The molecule has 2 aromatic carbocycles. The molecule has 298 valence electrons. The lowest BCUT2D eigenvalue weighted by atomic mass is 9.94. The van der Waals surface area contributed by atoms with Crippen LogP contribution in [0.15, 0.2) is 58.7 Å². The van der Waals surface area contributed by atoms with Crippen molar-refractivity contribution in [1.29, 1.82) is 5.26 Å². The van der Waals surface area contributed by atoms with Gasteiger partial charge in [-0.05, 0) is 126 Å². The number of piperazine rings is 2. The molecule has 2 aromatic rings. The number of nitrogens with zero attached hydrogens (tertiary/aromatic N) is 8. The number of hydrogen-bond acceptors (Lipinski definition) is 10. The maximum Gasteiger partial charge on any atom is 0.135 e. The van der Waals surface area contributed by atoms with Gasteiger partial charge in [0.1, 0.15) is 11.7 Å². The van der Waals surface area contributed by atoms with Gasteiger partial charge in [-0.2, -0.15) is 5.26 Å². The number of likely N-dealkylation sites (tertiary alicyclic amines) is 1. The molecule has 0 radical (unpaired) electrons. The summed E-state index contributed by atoms with van der Waals surface area (Å²) in [4.78, 5) is 13.6. The second-order valence-corrected chi connectivity index (χ2v) is 17.5. The normalized spacial score (nSPS) is 28.2. The molecule has 0 aliphatic carbocycles. The zero-order chi connectivity index (χ0) is 38.1. The molecule has 3 N–H and O–H groups in total. The van der Waals surface area contributed by atoms with E-state index in [1.54, 1.807) is 6.07 Å². The third kappa shape index (κ3) is 10.6. The Hall–Kier alpha value is -2.75. The van der Waals surface area contributed by atoms with Crippen LogP contribution in [0, 0.1) is 11.3 Å². The Labute approximate surface area is 339 Å². The topological polar surface area (TPSA) is 103 Å². The van der Waals surface area contributed by atoms with E-state index in [1.807, 2.05) is 24.3 Å². The predicted molar refractivity (Wildman–Crippen MR) is 226 cm³/mol. The van der Waals surface area contributed by atoms with Gasteiger partial charge in [-0.15, -0.1) is 10.2 Å². The highest BCUT2D eigenvalue weighted by molar-refractivity contribution is 6.30. The van der Waals surface area contributed by atoms with E-state index in [0.717, 1.165) is 59.9 Å². The molecule has 6 saturated heterocycles. The van der Waals surface area contributed by atoms with Gasteiger partial charge in [0.2, 0.25) is 0 Å². The number of nitriles is 1. The van der Waals surface area contributed by atoms with Crippen LogP contribution in [0.3, 0.4) is 0 Å². The van der Waals surface area contributed by atoms with Gasteiger partial charge in [-0.1, -0.05) is 47.5 Å².